The highest BCUT2D eigenvalue weighted by molar-refractivity contribution is 5.85. The zero-order chi connectivity index (χ0) is 15.2. The summed E-state index contributed by atoms with van der Waals surface area (Å²) in [6.07, 6.45) is 5.49. The van der Waals surface area contributed by atoms with Crippen molar-refractivity contribution in [3.8, 4) is 5.75 Å². The number of methoxy groups -OCH3 is 1. The van der Waals surface area contributed by atoms with Gasteiger partial charge in [-0.05, 0) is 68.3 Å². The molecule has 2 aliphatic carbocycles. The van der Waals surface area contributed by atoms with E-state index in [1.54, 1.807) is 7.11 Å². The quantitative estimate of drug-likeness (QED) is 0.888. The molecule has 0 bridgehead atoms. The van der Waals surface area contributed by atoms with Crippen molar-refractivity contribution in [2.45, 2.75) is 37.6 Å². The Morgan fingerprint density at radius 2 is 1.83 bits per heavy atom. The molecule has 1 aromatic rings. The molecule has 1 aromatic carbocycles. The van der Waals surface area contributed by atoms with E-state index in [0.717, 1.165) is 50.9 Å². The monoisotopic (exact) mass is 336 g/mol. The lowest BCUT2D eigenvalue weighted by molar-refractivity contribution is -0.124. The zero-order valence-corrected chi connectivity index (χ0v) is 14.4. The number of hydrogen-bond donors (Lipinski definition) is 2. The molecule has 1 amide bonds. The molecule has 1 aliphatic heterocycles. The number of amides is 1. The number of halogens is 1. The van der Waals surface area contributed by atoms with Crippen LogP contribution in [-0.4, -0.2) is 26.1 Å². The van der Waals surface area contributed by atoms with Crippen molar-refractivity contribution in [1.82, 2.24) is 10.6 Å². The summed E-state index contributed by atoms with van der Waals surface area (Å²) >= 11 is 0. The lowest BCUT2D eigenvalue weighted by Gasteiger charge is -2.24. The molecule has 0 aromatic heterocycles. The Labute approximate surface area is 143 Å². The molecular formula is C18H25ClN2O2. The van der Waals surface area contributed by atoms with Gasteiger partial charge in [-0.3, -0.25) is 4.79 Å². The van der Waals surface area contributed by atoms with E-state index in [0.29, 0.717) is 5.41 Å². The van der Waals surface area contributed by atoms with Crippen LogP contribution in [0.15, 0.2) is 24.3 Å². The molecule has 23 heavy (non-hydrogen) atoms. The summed E-state index contributed by atoms with van der Waals surface area (Å²) in [5.74, 6) is 1.38. The summed E-state index contributed by atoms with van der Waals surface area (Å²) in [5, 5.41) is 6.75. The van der Waals surface area contributed by atoms with Crippen LogP contribution in [0.2, 0.25) is 0 Å². The van der Waals surface area contributed by atoms with Crippen molar-refractivity contribution >= 4 is 18.3 Å². The van der Waals surface area contributed by atoms with Gasteiger partial charge in [0.15, 0.2) is 0 Å². The van der Waals surface area contributed by atoms with Crippen LogP contribution in [0, 0.1) is 11.3 Å². The van der Waals surface area contributed by atoms with Crippen LogP contribution in [0.4, 0.5) is 0 Å². The second-order valence-electron chi connectivity index (χ2n) is 7.17. The molecule has 0 radical (unpaired) electrons. The van der Waals surface area contributed by atoms with Gasteiger partial charge in [-0.25, -0.2) is 0 Å². The van der Waals surface area contributed by atoms with E-state index in [1.807, 2.05) is 12.1 Å². The highest BCUT2D eigenvalue weighted by Crippen LogP contribution is 2.59. The first-order valence-electron chi connectivity index (χ1n) is 8.35. The minimum absolute atomic E-state index is 0. The van der Waals surface area contributed by atoms with Crippen molar-refractivity contribution in [2.75, 3.05) is 20.2 Å². The first kappa shape index (κ1) is 16.6. The predicted molar refractivity (Wildman–Crippen MR) is 91.9 cm³/mol. The summed E-state index contributed by atoms with van der Waals surface area (Å²) in [6, 6.07) is 8.12. The summed E-state index contributed by atoms with van der Waals surface area (Å²) in [4.78, 5) is 12.7. The lowest BCUT2D eigenvalue weighted by atomic mass is 9.91. The van der Waals surface area contributed by atoms with Crippen LogP contribution in [-0.2, 0) is 10.3 Å². The molecule has 2 saturated carbocycles. The van der Waals surface area contributed by atoms with Crippen molar-refractivity contribution < 1.29 is 9.53 Å². The Morgan fingerprint density at radius 3 is 2.39 bits per heavy atom. The van der Waals surface area contributed by atoms with Crippen LogP contribution in [0.3, 0.4) is 0 Å². The van der Waals surface area contributed by atoms with E-state index in [4.69, 9.17) is 4.74 Å². The van der Waals surface area contributed by atoms with Gasteiger partial charge < -0.3 is 15.4 Å². The molecule has 3 fully saturated rings. The maximum absolute atomic E-state index is 12.7. The van der Waals surface area contributed by atoms with Gasteiger partial charge in [-0.1, -0.05) is 12.1 Å². The fourth-order valence-corrected chi connectivity index (χ4v) is 4.04. The minimum atomic E-state index is -0.111. The number of benzene rings is 1. The SMILES string of the molecule is COc1ccc(C2(NC(=O)C3CC34CCNCC4)CC2)cc1.Cl. The van der Waals surface area contributed by atoms with E-state index in [2.05, 4.69) is 22.8 Å². The van der Waals surface area contributed by atoms with Gasteiger partial charge in [-0.15, -0.1) is 12.4 Å². The molecule has 3 aliphatic rings. The molecule has 1 spiro atoms. The normalized spacial score (nSPS) is 26.0. The third-order valence-corrected chi connectivity index (χ3v) is 5.86. The molecule has 4 rings (SSSR count). The Hall–Kier alpha value is -1.26. The summed E-state index contributed by atoms with van der Waals surface area (Å²) in [7, 11) is 1.68. The Bertz CT molecular complexity index is 577. The van der Waals surface area contributed by atoms with Gasteiger partial charge in [0, 0.05) is 5.92 Å². The number of hydrogen-bond acceptors (Lipinski definition) is 3. The number of piperidine rings is 1. The van der Waals surface area contributed by atoms with E-state index >= 15 is 0 Å². The number of rotatable bonds is 4. The van der Waals surface area contributed by atoms with Crippen molar-refractivity contribution in [1.29, 1.82) is 0 Å². The second kappa shape index (κ2) is 5.99. The van der Waals surface area contributed by atoms with Crippen LogP contribution >= 0.6 is 12.4 Å². The first-order chi connectivity index (χ1) is 10.7. The molecule has 1 saturated heterocycles. The first-order valence-corrected chi connectivity index (χ1v) is 8.35. The maximum Gasteiger partial charge on any atom is 0.224 e. The van der Waals surface area contributed by atoms with Gasteiger partial charge in [0.05, 0.1) is 12.6 Å². The summed E-state index contributed by atoms with van der Waals surface area (Å²) < 4.78 is 5.21. The third kappa shape index (κ3) is 2.94. The van der Waals surface area contributed by atoms with Gasteiger partial charge >= 0.3 is 0 Å². The smallest absolute Gasteiger partial charge is 0.224 e. The molecule has 1 heterocycles. The topological polar surface area (TPSA) is 50.4 Å². The third-order valence-electron chi connectivity index (χ3n) is 5.86. The number of carbonyl (C=O) groups is 1. The van der Waals surface area contributed by atoms with Gasteiger partial charge in [0.25, 0.3) is 0 Å². The van der Waals surface area contributed by atoms with E-state index in [-0.39, 0.29) is 29.8 Å². The van der Waals surface area contributed by atoms with E-state index in [9.17, 15) is 4.79 Å². The van der Waals surface area contributed by atoms with Gasteiger partial charge in [-0.2, -0.15) is 0 Å². The summed E-state index contributed by atoms with van der Waals surface area (Å²) in [6.45, 7) is 2.13. The lowest BCUT2D eigenvalue weighted by Crippen LogP contribution is -2.38. The van der Waals surface area contributed by atoms with Crippen LogP contribution in [0.25, 0.3) is 0 Å². The standard InChI is InChI=1S/C18H24N2O2.ClH/c1-22-14-4-2-13(3-5-14)18(6-7-18)20-16(21)15-12-17(15)8-10-19-11-9-17;/h2-5,15,19H,6-12H2,1H3,(H,20,21);1H. The van der Waals surface area contributed by atoms with Crippen LogP contribution in [0.5, 0.6) is 5.75 Å². The molecule has 5 heteroatoms. The molecule has 1 atom stereocenters. The van der Waals surface area contributed by atoms with Crippen molar-refractivity contribution in [3.05, 3.63) is 29.8 Å². The highest BCUT2D eigenvalue weighted by atomic mass is 35.5. The van der Waals surface area contributed by atoms with Crippen LogP contribution in [0.1, 0.15) is 37.7 Å². The molecule has 2 N–H and O–H groups in total. The molecular weight excluding hydrogens is 312 g/mol. The second-order valence-corrected chi connectivity index (χ2v) is 7.17. The predicted octanol–water partition coefficient (Wildman–Crippen LogP) is 2.61. The largest absolute Gasteiger partial charge is 0.497 e. The zero-order valence-electron chi connectivity index (χ0n) is 13.6. The number of nitrogens with one attached hydrogen (secondary N) is 2. The fraction of sp³-hybridized carbons (Fsp3) is 0.611. The Morgan fingerprint density at radius 1 is 1.17 bits per heavy atom. The number of carbonyl (C=O) groups excluding carboxylic acids is 1. The number of ether oxygens (including phenoxy) is 1. The fourth-order valence-electron chi connectivity index (χ4n) is 4.04. The van der Waals surface area contributed by atoms with Crippen molar-refractivity contribution in [2.24, 2.45) is 11.3 Å². The maximum atomic E-state index is 12.7. The van der Waals surface area contributed by atoms with Crippen molar-refractivity contribution in [3.63, 3.8) is 0 Å². The molecule has 126 valence electrons. The van der Waals surface area contributed by atoms with Crippen LogP contribution < -0.4 is 15.4 Å². The Kier molecular flexibility index (Phi) is 4.32. The van der Waals surface area contributed by atoms with Gasteiger partial charge in [0.2, 0.25) is 5.91 Å². The average Bonchev–Trinajstić information content (AvgIpc) is 3.46. The van der Waals surface area contributed by atoms with E-state index < -0.39 is 0 Å². The minimum Gasteiger partial charge on any atom is -0.497 e. The van der Waals surface area contributed by atoms with E-state index in [1.165, 1.54) is 5.56 Å². The summed E-state index contributed by atoms with van der Waals surface area (Å²) in [5.41, 5.74) is 1.41. The Balaban J connectivity index is 0.00000156. The molecule has 1 unspecified atom stereocenters. The molecule has 4 nitrogen and oxygen atoms in total. The average molecular weight is 337 g/mol. The highest BCUT2D eigenvalue weighted by Gasteiger charge is 2.59. The van der Waals surface area contributed by atoms with Gasteiger partial charge in [0.1, 0.15) is 5.75 Å².